The van der Waals surface area contributed by atoms with Crippen molar-refractivity contribution in [2.24, 2.45) is 23.2 Å². The second kappa shape index (κ2) is 4.59. The van der Waals surface area contributed by atoms with E-state index in [1.54, 1.807) is 0 Å². The monoisotopic (exact) mass is 234 g/mol. The van der Waals surface area contributed by atoms with Crippen molar-refractivity contribution < 1.29 is 4.79 Å². The highest BCUT2D eigenvalue weighted by molar-refractivity contribution is 5.85. The van der Waals surface area contributed by atoms with Gasteiger partial charge in [-0.3, -0.25) is 4.79 Å². The van der Waals surface area contributed by atoms with E-state index in [0.717, 1.165) is 12.8 Å². The smallest absolute Gasteiger partial charge is 0.136 e. The summed E-state index contributed by atoms with van der Waals surface area (Å²) in [5, 5.41) is 0. The summed E-state index contributed by atoms with van der Waals surface area (Å²) in [6.45, 7) is 10.3. The second-order valence-electron chi connectivity index (χ2n) is 5.97. The SMILES string of the molecule is C=C(CC)C1CC1C1CC2(CC2)CC1=O.CC. The van der Waals surface area contributed by atoms with Crippen molar-refractivity contribution in [1.29, 1.82) is 0 Å². The highest BCUT2D eigenvalue weighted by Crippen LogP contribution is 2.63. The Hall–Kier alpha value is -0.590. The molecule has 0 amide bonds. The van der Waals surface area contributed by atoms with Crippen LogP contribution in [0.3, 0.4) is 0 Å². The summed E-state index contributed by atoms with van der Waals surface area (Å²) in [5.74, 6) is 2.37. The molecular weight excluding hydrogens is 208 g/mol. The lowest BCUT2D eigenvalue weighted by atomic mass is 9.95. The highest BCUT2D eigenvalue weighted by Gasteiger charge is 2.58. The van der Waals surface area contributed by atoms with E-state index in [2.05, 4.69) is 13.5 Å². The Balaban J connectivity index is 0.000000514. The van der Waals surface area contributed by atoms with Gasteiger partial charge in [0.1, 0.15) is 5.78 Å². The van der Waals surface area contributed by atoms with Crippen molar-refractivity contribution >= 4 is 5.78 Å². The van der Waals surface area contributed by atoms with E-state index in [-0.39, 0.29) is 0 Å². The van der Waals surface area contributed by atoms with E-state index in [9.17, 15) is 4.79 Å². The molecule has 0 aliphatic heterocycles. The van der Waals surface area contributed by atoms with Gasteiger partial charge < -0.3 is 0 Å². The van der Waals surface area contributed by atoms with Crippen molar-refractivity contribution in [3.8, 4) is 0 Å². The molecule has 0 aromatic heterocycles. The molecule has 3 aliphatic carbocycles. The summed E-state index contributed by atoms with van der Waals surface area (Å²) in [6.07, 6.45) is 7.10. The van der Waals surface area contributed by atoms with Gasteiger partial charge >= 0.3 is 0 Å². The molecule has 3 aliphatic rings. The van der Waals surface area contributed by atoms with Crippen LogP contribution in [0.25, 0.3) is 0 Å². The molecule has 0 aromatic carbocycles. The predicted molar refractivity (Wildman–Crippen MR) is 71.8 cm³/mol. The lowest BCUT2D eigenvalue weighted by molar-refractivity contribution is -0.121. The minimum atomic E-state index is 0.417. The first kappa shape index (κ1) is 12.9. The maximum atomic E-state index is 11.9. The third kappa shape index (κ3) is 2.34. The van der Waals surface area contributed by atoms with Crippen LogP contribution in [0.15, 0.2) is 12.2 Å². The van der Waals surface area contributed by atoms with Gasteiger partial charge in [0.05, 0.1) is 0 Å². The van der Waals surface area contributed by atoms with Crippen LogP contribution in [0, 0.1) is 23.2 Å². The summed E-state index contributed by atoms with van der Waals surface area (Å²) in [6, 6.07) is 0. The summed E-state index contributed by atoms with van der Waals surface area (Å²) in [5.41, 5.74) is 1.88. The first-order chi connectivity index (χ1) is 8.15. The van der Waals surface area contributed by atoms with Crippen LogP contribution in [0.5, 0.6) is 0 Å². The minimum Gasteiger partial charge on any atom is -0.299 e. The average molecular weight is 234 g/mol. The fourth-order valence-corrected chi connectivity index (χ4v) is 3.49. The zero-order valence-corrected chi connectivity index (χ0v) is 11.6. The largest absolute Gasteiger partial charge is 0.299 e. The predicted octanol–water partition coefficient (Wildman–Crippen LogP) is 4.37. The number of allylic oxidation sites excluding steroid dienone is 1. The van der Waals surface area contributed by atoms with Gasteiger partial charge in [-0.2, -0.15) is 0 Å². The fourth-order valence-electron chi connectivity index (χ4n) is 3.49. The van der Waals surface area contributed by atoms with E-state index in [0.29, 0.717) is 29.0 Å². The van der Waals surface area contributed by atoms with Crippen molar-refractivity contribution in [1.82, 2.24) is 0 Å². The van der Waals surface area contributed by atoms with E-state index >= 15 is 0 Å². The summed E-state index contributed by atoms with van der Waals surface area (Å²) < 4.78 is 0. The third-order valence-electron chi connectivity index (χ3n) is 4.91. The number of carbonyl (C=O) groups is 1. The van der Waals surface area contributed by atoms with Crippen LogP contribution < -0.4 is 0 Å². The molecule has 3 atom stereocenters. The maximum Gasteiger partial charge on any atom is 0.136 e. The lowest BCUT2D eigenvalue weighted by Crippen LogP contribution is -2.10. The minimum absolute atomic E-state index is 0.417. The zero-order valence-electron chi connectivity index (χ0n) is 11.6. The van der Waals surface area contributed by atoms with E-state index in [1.807, 2.05) is 13.8 Å². The van der Waals surface area contributed by atoms with Gasteiger partial charge in [0.25, 0.3) is 0 Å². The average Bonchev–Trinajstić information content (AvgIpc) is 3.22. The second-order valence-corrected chi connectivity index (χ2v) is 5.97. The Bertz CT molecular complexity index is 324. The summed E-state index contributed by atoms with van der Waals surface area (Å²) in [4.78, 5) is 11.9. The van der Waals surface area contributed by atoms with Crippen LogP contribution in [-0.4, -0.2) is 5.78 Å². The van der Waals surface area contributed by atoms with Crippen molar-refractivity contribution in [3.05, 3.63) is 12.2 Å². The molecule has 1 nitrogen and oxygen atoms in total. The third-order valence-corrected chi connectivity index (χ3v) is 4.91. The zero-order chi connectivity index (χ0) is 12.6. The first-order valence-electron chi connectivity index (χ1n) is 7.35. The van der Waals surface area contributed by atoms with Gasteiger partial charge in [0.15, 0.2) is 0 Å². The molecular formula is C16H26O. The van der Waals surface area contributed by atoms with Crippen molar-refractivity contribution in [2.75, 3.05) is 0 Å². The molecule has 3 rings (SSSR count). The Morgan fingerprint density at radius 1 is 1.41 bits per heavy atom. The van der Waals surface area contributed by atoms with Gasteiger partial charge in [0, 0.05) is 12.3 Å². The standard InChI is InChI=1S/C14H20O.C2H6/c1-3-9(2)10-6-11(10)12-7-14(4-5-14)8-13(12)15;1-2/h10-12H,2-8H2,1H3;1-2H3. The number of carbonyl (C=O) groups excluding carboxylic acids is 1. The van der Waals surface area contributed by atoms with Crippen LogP contribution >= 0.6 is 0 Å². The van der Waals surface area contributed by atoms with Gasteiger partial charge in [-0.25, -0.2) is 0 Å². The van der Waals surface area contributed by atoms with Gasteiger partial charge in [-0.15, -0.1) is 0 Å². The Labute approximate surface area is 106 Å². The molecule has 0 bridgehead atoms. The van der Waals surface area contributed by atoms with E-state index in [1.165, 1.54) is 31.3 Å². The molecule has 1 heteroatoms. The maximum absolute atomic E-state index is 11.9. The summed E-state index contributed by atoms with van der Waals surface area (Å²) in [7, 11) is 0. The lowest BCUT2D eigenvalue weighted by Gasteiger charge is -2.08. The number of hydrogen-bond donors (Lipinski definition) is 0. The number of hydrogen-bond acceptors (Lipinski definition) is 1. The van der Waals surface area contributed by atoms with Crippen LogP contribution in [-0.2, 0) is 4.79 Å². The molecule has 96 valence electrons. The molecule has 0 aromatic rings. The molecule has 0 heterocycles. The molecule has 1 spiro atoms. The number of Topliss-reactive ketones (excluding diaryl/α,β-unsaturated/α-hetero) is 1. The molecule has 3 unspecified atom stereocenters. The quantitative estimate of drug-likeness (QED) is 0.662. The van der Waals surface area contributed by atoms with Gasteiger partial charge in [0.2, 0.25) is 0 Å². The van der Waals surface area contributed by atoms with E-state index < -0.39 is 0 Å². The van der Waals surface area contributed by atoms with Crippen molar-refractivity contribution in [2.45, 2.75) is 59.3 Å². The molecule has 3 saturated carbocycles. The molecule has 0 radical (unpaired) electrons. The van der Waals surface area contributed by atoms with E-state index in [4.69, 9.17) is 0 Å². The molecule has 0 saturated heterocycles. The fraction of sp³-hybridized carbons (Fsp3) is 0.812. The topological polar surface area (TPSA) is 17.1 Å². The van der Waals surface area contributed by atoms with Crippen LogP contribution in [0.2, 0.25) is 0 Å². The molecule has 17 heavy (non-hydrogen) atoms. The highest BCUT2D eigenvalue weighted by atomic mass is 16.1. The Morgan fingerprint density at radius 3 is 2.53 bits per heavy atom. The first-order valence-corrected chi connectivity index (χ1v) is 7.35. The van der Waals surface area contributed by atoms with Crippen molar-refractivity contribution in [3.63, 3.8) is 0 Å². The van der Waals surface area contributed by atoms with Crippen LogP contribution in [0.1, 0.15) is 59.3 Å². The normalized spacial score (nSPS) is 36.4. The summed E-state index contributed by atoms with van der Waals surface area (Å²) >= 11 is 0. The van der Waals surface area contributed by atoms with Gasteiger partial charge in [-0.1, -0.05) is 32.9 Å². The number of ketones is 1. The molecule has 3 fully saturated rings. The Kier molecular flexibility index (Phi) is 3.47. The van der Waals surface area contributed by atoms with Gasteiger partial charge in [-0.05, 0) is 49.4 Å². The Morgan fingerprint density at radius 2 is 2.06 bits per heavy atom. The van der Waals surface area contributed by atoms with Crippen LogP contribution in [0.4, 0.5) is 0 Å². The number of rotatable bonds is 3. The molecule has 0 N–H and O–H groups in total.